The Morgan fingerprint density at radius 1 is 0.917 bits per heavy atom. The summed E-state index contributed by atoms with van der Waals surface area (Å²) in [6.45, 7) is 0.301. The first-order valence-electron chi connectivity index (χ1n) is 11.3. The molecule has 0 radical (unpaired) electrons. The van der Waals surface area contributed by atoms with Gasteiger partial charge in [-0.05, 0) is 42.0 Å². The second-order valence-electron chi connectivity index (χ2n) is 8.19. The molecular formula is C27H23N3O5S. The zero-order valence-electron chi connectivity index (χ0n) is 19.8. The fraction of sp³-hybridized carbons (Fsp3) is 0.185. The van der Waals surface area contributed by atoms with E-state index in [4.69, 9.17) is 14.5 Å². The number of imide groups is 1. The maximum absolute atomic E-state index is 13.8. The first kappa shape index (κ1) is 23.5. The molecule has 1 saturated heterocycles. The smallest absolute Gasteiger partial charge is 0.260 e. The Kier molecular flexibility index (Phi) is 6.39. The molecule has 0 unspecified atom stereocenters. The molecule has 0 aliphatic carbocycles. The number of benzene rings is 3. The van der Waals surface area contributed by atoms with Gasteiger partial charge in [-0.1, -0.05) is 41.7 Å². The Balaban J connectivity index is 1.54. The van der Waals surface area contributed by atoms with Crippen molar-refractivity contribution < 1.29 is 23.9 Å². The number of methoxy groups -OCH3 is 2. The van der Waals surface area contributed by atoms with Crippen LogP contribution >= 0.6 is 11.3 Å². The maximum atomic E-state index is 13.8. The van der Waals surface area contributed by atoms with Gasteiger partial charge in [0.2, 0.25) is 11.8 Å². The van der Waals surface area contributed by atoms with Gasteiger partial charge < -0.3 is 9.47 Å². The van der Waals surface area contributed by atoms with Crippen molar-refractivity contribution in [2.75, 3.05) is 24.0 Å². The second-order valence-corrected chi connectivity index (χ2v) is 9.17. The van der Waals surface area contributed by atoms with E-state index in [1.165, 1.54) is 16.2 Å². The molecule has 8 nitrogen and oxygen atoms in total. The molecule has 0 saturated carbocycles. The largest absolute Gasteiger partial charge is 0.495 e. The van der Waals surface area contributed by atoms with Crippen LogP contribution in [0.1, 0.15) is 28.8 Å². The SMILES string of the molecule is COc1ccc(OC)c2sc(N(Cc3ccccc3)C(=O)c3ccc(N4C(=O)CCC4=O)cc3)nc12. The molecule has 1 aliphatic rings. The molecule has 0 N–H and O–H groups in total. The molecule has 0 spiro atoms. The number of anilines is 2. The lowest BCUT2D eigenvalue weighted by atomic mass is 10.1. The Morgan fingerprint density at radius 2 is 1.56 bits per heavy atom. The van der Waals surface area contributed by atoms with Crippen LogP contribution in [0.25, 0.3) is 10.2 Å². The van der Waals surface area contributed by atoms with E-state index in [0.29, 0.717) is 39.9 Å². The third-order valence-electron chi connectivity index (χ3n) is 5.98. The molecule has 4 aromatic rings. The Hall–Kier alpha value is -4.24. The van der Waals surface area contributed by atoms with Gasteiger partial charge in [0.25, 0.3) is 5.91 Å². The number of amides is 3. The highest BCUT2D eigenvalue weighted by atomic mass is 32.1. The number of fused-ring (bicyclic) bond motifs is 1. The molecule has 1 aromatic heterocycles. The summed E-state index contributed by atoms with van der Waals surface area (Å²) >= 11 is 1.34. The second kappa shape index (κ2) is 9.79. The highest BCUT2D eigenvalue weighted by Crippen LogP contribution is 2.40. The highest BCUT2D eigenvalue weighted by Gasteiger charge is 2.30. The summed E-state index contributed by atoms with van der Waals surface area (Å²) < 4.78 is 11.8. The van der Waals surface area contributed by atoms with Crippen LogP contribution in [0.5, 0.6) is 11.5 Å². The first-order chi connectivity index (χ1) is 17.5. The van der Waals surface area contributed by atoms with Gasteiger partial charge in [0.05, 0.1) is 26.5 Å². The van der Waals surface area contributed by atoms with Crippen LogP contribution in [-0.2, 0) is 16.1 Å². The van der Waals surface area contributed by atoms with Crippen molar-refractivity contribution >= 4 is 50.1 Å². The van der Waals surface area contributed by atoms with Crippen LogP contribution in [0.2, 0.25) is 0 Å². The minimum atomic E-state index is -0.263. The molecular weight excluding hydrogens is 478 g/mol. The molecule has 0 bridgehead atoms. The number of nitrogens with zero attached hydrogens (tertiary/aromatic N) is 3. The van der Waals surface area contributed by atoms with E-state index < -0.39 is 0 Å². The Morgan fingerprint density at radius 3 is 2.19 bits per heavy atom. The zero-order valence-corrected chi connectivity index (χ0v) is 20.6. The fourth-order valence-corrected chi connectivity index (χ4v) is 5.23. The van der Waals surface area contributed by atoms with Crippen molar-refractivity contribution in [2.45, 2.75) is 19.4 Å². The van der Waals surface area contributed by atoms with E-state index in [-0.39, 0.29) is 30.6 Å². The van der Waals surface area contributed by atoms with Crippen LogP contribution in [0.3, 0.4) is 0 Å². The third kappa shape index (κ3) is 4.29. The van der Waals surface area contributed by atoms with Crippen molar-refractivity contribution in [2.24, 2.45) is 0 Å². The number of rotatable bonds is 7. The zero-order chi connectivity index (χ0) is 25.2. The average molecular weight is 502 g/mol. The van der Waals surface area contributed by atoms with Gasteiger partial charge in [0.1, 0.15) is 21.7 Å². The van der Waals surface area contributed by atoms with E-state index in [1.807, 2.05) is 36.4 Å². The highest BCUT2D eigenvalue weighted by molar-refractivity contribution is 7.22. The molecule has 5 rings (SSSR count). The van der Waals surface area contributed by atoms with E-state index in [2.05, 4.69) is 0 Å². The molecule has 9 heteroatoms. The van der Waals surface area contributed by atoms with Gasteiger partial charge in [0, 0.05) is 18.4 Å². The number of hydrogen-bond donors (Lipinski definition) is 0. The molecule has 3 amide bonds. The summed E-state index contributed by atoms with van der Waals surface area (Å²) in [6.07, 6.45) is 0.407. The molecule has 2 heterocycles. The lowest BCUT2D eigenvalue weighted by Gasteiger charge is -2.21. The quantitative estimate of drug-likeness (QED) is 0.338. The average Bonchev–Trinajstić information content (AvgIpc) is 3.50. The summed E-state index contributed by atoms with van der Waals surface area (Å²) in [4.78, 5) is 45.5. The van der Waals surface area contributed by atoms with E-state index in [1.54, 1.807) is 49.5 Å². The lowest BCUT2D eigenvalue weighted by molar-refractivity contribution is -0.121. The Bertz CT molecular complexity index is 1390. The summed E-state index contributed by atoms with van der Waals surface area (Å²) in [7, 11) is 3.16. The molecule has 1 aliphatic heterocycles. The van der Waals surface area contributed by atoms with Crippen LogP contribution < -0.4 is 19.3 Å². The van der Waals surface area contributed by atoms with Gasteiger partial charge in [0.15, 0.2) is 5.13 Å². The van der Waals surface area contributed by atoms with Crippen LogP contribution in [0, 0.1) is 0 Å². The van der Waals surface area contributed by atoms with Gasteiger partial charge in [-0.25, -0.2) is 4.98 Å². The van der Waals surface area contributed by atoms with Crippen LogP contribution in [0.15, 0.2) is 66.7 Å². The minimum absolute atomic E-state index is 0.203. The monoisotopic (exact) mass is 501 g/mol. The molecule has 36 heavy (non-hydrogen) atoms. The van der Waals surface area contributed by atoms with Gasteiger partial charge in [-0.15, -0.1) is 0 Å². The van der Waals surface area contributed by atoms with Crippen molar-refractivity contribution in [3.63, 3.8) is 0 Å². The van der Waals surface area contributed by atoms with Gasteiger partial charge >= 0.3 is 0 Å². The Labute approximate surface area is 211 Å². The van der Waals surface area contributed by atoms with Crippen molar-refractivity contribution in [1.29, 1.82) is 0 Å². The van der Waals surface area contributed by atoms with Crippen molar-refractivity contribution in [3.8, 4) is 11.5 Å². The molecule has 182 valence electrons. The maximum Gasteiger partial charge on any atom is 0.260 e. The topological polar surface area (TPSA) is 89.0 Å². The number of carbonyl (C=O) groups is 3. The predicted octanol–water partition coefficient (Wildman–Crippen LogP) is 4.81. The standard InChI is InChI=1S/C27H23N3O5S/c1-34-20-12-13-21(35-2)25-24(20)28-27(36-25)29(16-17-6-4-3-5-7-17)26(33)18-8-10-19(11-9-18)30-22(31)14-15-23(30)32/h3-13H,14-16H2,1-2H3. The van der Waals surface area contributed by atoms with Crippen LogP contribution in [-0.4, -0.2) is 36.9 Å². The fourth-order valence-electron chi connectivity index (χ4n) is 4.16. The number of aromatic nitrogens is 1. The predicted molar refractivity (Wildman–Crippen MR) is 138 cm³/mol. The number of carbonyl (C=O) groups excluding carboxylic acids is 3. The van der Waals surface area contributed by atoms with E-state index in [0.717, 1.165) is 10.3 Å². The summed E-state index contributed by atoms with van der Waals surface area (Å²) in [5.41, 5.74) is 2.42. The normalized spacial score (nSPS) is 13.3. The van der Waals surface area contributed by atoms with Crippen LogP contribution in [0.4, 0.5) is 10.8 Å². The third-order valence-corrected chi connectivity index (χ3v) is 7.08. The number of ether oxygens (including phenoxy) is 2. The number of hydrogen-bond acceptors (Lipinski definition) is 7. The molecule has 1 fully saturated rings. The molecule has 3 aromatic carbocycles. The minimum Gasteiger partial charge on any atom is -0.495 e. The number of thiazole rings is 1. The van der Waals surface area contributed by atoms with Crippen molar-refractivity contribution in [3.05, 3.63) is 77.9 Å². The van der Waals surface area contributed by atoms with Crippen molar-refractivity contribution in [1.82, 2.24) is 4.98 Å². The molecule has 0 atom stereocenters. The summed E-state index contributed by atoms with van der Waals surface area (Å²) in [5, 5.41) is 0.496. The van der Waals surface area contributed by atoms with Gasteiger partial charge in [-0.2, -0.15) is 0 Å². The van der Waals surface area contributed by atoms with Gasteiger partial charge in [-0.3, -0.25) is 24.2 Å². The summed E-state index contributed by atoms with van der Waals surface area (Å²) in [5.74, 6) is 0.501. The van der Waals surface area contributed by atoms with E-state index in [9.17, 15) is 14.4 Å². The summed E-state index contributed by atoms with van der Waals surface area (Å²) in [6, 6.07) is 19.8. The lowest BCUT2D eigenvalue weighted by Crippen LogP contribution is -2.31. The first-order valence-corrected chi connectivity index (χ1v) is 12.1. The van der Waals surface area contributed by atoms with E-state index >= 15 is 0 Å².